The Morgan fingerprint density at radius 2 is 2.26 bits per heavy atom. The van der Waals surface area contributed by atoms with Crippen LogP contribution in [-0.4, -0.2) is 41.6 Å². The standard InChI is InChI=1S/C13H19N3O3/c1-3-19-13(18)15-7-8-16(11(2)17)10-12-5-4-6-14-9-12/h4-6,9H,3,7-8,10H2,1-2H3,(H,15,18). The number of carbonyl (C=O) groups excluding carboxylic acids is 2. The third-order valence-corrected chi connectivity index (χ3v) is 2.47. The average Bonchev–Trinajstić information content (AvgIpc) is 2.39. The van der Waals surface area contributed by atoms with Crippen LogP contribution in [0.3, 0.4) is 0 Å². The van der Waals surface area contributed by atoms with Gasteiger partial charge in [-0.05, 0) is 18.6 Å². The van der Waals surface area contributed by atoms with Gasteiger partial charge in [-0.25, -0.2) is 4.79 Å². The van der Waals surface area contributed by atoms with Crippen molar-refractivity contribution in [1.82, 2.24) is 15.2 Å². The van der Waals surface area contributed by atoms with Crippen LogP contribution >= 0.6 is 0 Å². The minimum Gasteiger partial charge on any atom is -0.450 e. The van der Waals surface area contributed by atoms with Gasteiger partial charge >= 0.3 is 6.09 Å². The van der Waals surface area contributed by atoms with Crippen molar-refractivity contribution in [3.05, 3.63) is 30.1 Å². The van der Waals surface area contributed by atoms with E-state index in [1.807, 2.05) is 12.1 Å². The highest BCUT2D eigenvalue weighted by molar-refractivity contribution is 5.73. The summed E-state index contributed by atoms with van der Waals surface area (Å²) in [4.78, 5) is 28.3. The first-order valence-corrected chi connectivity index (χ1v) is 6.18. The Labute approximate surface area is 112 Å². The molecule has 1 aromatic heterocycles. The third kappa shape index (κ3) is 5.85. The largest absolute Gasteiger partial charge is 0.450 e. The number of amides is 2. The number of nitrogens with one attached hydrogen (secondary N) is 1. The molecule has 1 heterocycles. The summed E-state index contributed by atoms with van der Waals surface area (Å²) in [6.07, 6.45) is 2.94. The number of pyridine rings is 1. The summed E-state index contributed by atoms with van der Waals surface area (Å²) >= 11 is 0. The predicted octanol–water partition coefficient (Wildman–Crippen LogP) is 1.18. The van der Waals surface area contributed by atoms with E-state index in [-0.39, 0.29) is 5.91 Å². The van der Waals surface area contributed by atoms with Gasteiger partial charge in [0, 0.05) is 39.0 Å². The molecule has 0 saturated carbocycles. The van der Waals surface area contributed by atoms with Gasteiger partial charge in [-0.3, -0.25) is 9.78 Å². The molecule has 0 aliphatic rings. The van der Waals surface area contributed by atoms with E-state index in [9.17, 15) is 9.59 Å². The lowest BCUT2D eigenvalue weighted by atomic mass is 10.2. The molecular formula is C13H19N3O3. The number of ether oxygens (including phenoxy) is 1. The first kappa shape index (κ1) is 14.9. The maximum absolute atomic E-state index is 11.5. The van der Waals surface area contributed by atoms with Crippen LogP contribution in [-0.2, 0) is 16.1 Å². The van der Waals surface area contributed by atoms with Gasteiger partial charge < -0.3 is 15.0 Å². The zero-order chi connectivity index (χ0) is 14.1. The quantitative estimate of drug-likeness (QED) is 0.838. The molecular weight excluding hydrogens is 246 g/mol. The van der Waals surface area contributed by atoms with Crippen molar-refractivity contribution in [1.29, 1.82) is 0 Å². The van der Waals surface area contributed by atoms with Gasteiger partial charge in [0.05, 0.1) is 6.61 Å². The summed E-state index contributed by atoms with van der Waals surface area (Å²) in [7, 11) is 0. The summed E-state index contributed by atoms with van der Waals surface area (Å²) < 4.78 is 4.74. The number of rotatable bonds is 6. The van der Waals surface area contributed by atoms with Gasteiger partial charge in [-0.15, -0.1) is 0 Å². The predicted molar refractivity (Wildman–Crippen MR) is 70.4 cm³/mol. The number of hydrogen-bond donors (Lipinski definition) is 1. The molecule has 0 spiro atoms. The SMILES string of the molecule is CCOC(=O)NCCN(Cc1cccnc1)C(C)=O. The minimum atomic E-state index is -0.465. The second-order valence-electron chi connectivity index (χ2n) is 3.95. The fourth-order valence-electron chi connectivity index (χ4n) is 1.53. The number of alkyl carbamates (subject to hydrolysis) is 1. The molecule has 2 amide bonds. The molecule has 0 aliphatic heterocycles. The van der Waals surface area contributed by atoms with Gasteiger partial charge in [-0.1, -0.05) is 6.07 Å². The highest BCUT2D eigenvalue weighted by Crippen LogP contribution is 2.02. The average molecular weight is 265 g/mol. The van der Waals surface area contributed by atoms with E-state index >= 15 is 0 Å². The second kappa shape index (κ2) is 8.07. The third-order valence-electron chi connectivity index (χ3n) is 2.47. The fraction of sp³-hybridized carbons (Fsp3) is 0.462. The summed E-state index contributed by atoms with van der Waals surface area (Å²) in [5.74, 6) is -0.0467. The molecule has 0 bridgehead atoms. The van der Waals surface area contributed by atoms with Gasteiger partial charge in [0.2, 0.25) is 5.91 Å². The highest BCUT2D eigenvalue weighted by atomic mass is 16.5. The Bertz CT molecular complexity index is 409. The van der Waals surface area contributed by atoms with E-state index in [1.54, 1.807) is 24.2 Å². The molecule has 0 radical (unpaired) electrons. The molecule has 1 rings (SSSR count). The van der Waals surface area contributed by atoms with Crippen molar-refractivity contribution < 1.29 is 14.3 Å². The van der Waals surface area contributed by atoms with Crippen LogP contribution < -0.4 is 5.32 Å². The normalized spacial score (nSPS) is 9.79. The van der Waals surface area contributed by atoms with Crippen molar-refractivity contribution in [2.24, 2.45) is 0 Å². The van der Waals surface area contributed by atoms with Crippen molar-refractivity contribution in [2.45, 2.75) is 20.4 Å². The monoisotopic (exact) mass is 265 g/mol. The van der Waals surface area contributed by atoms with Crippen LogP contribution in [0.15, 0.2) is 24.5 Å². The smallest absolute Gasteiger partial charge is 0.407 e. The van der Waals surface area contributed by atoms with Crippen molar-refractivity contribution in [2.75, 3.05) is 19.7 Å². The maximum Gasteiger partial charge on any atom is 0.407 e. The number of nitrogens with zero attached hydrogens (tertiary/aromatic N) is 2. The molecule has 6 heteroatoms. The van der Waals surface area contributed by atoms with E-state index in [4.69, 9.17) is 4.74 Å². The molecule has 104 valence electrons. The first-order chi connectivity index (χ1) is 9.13. The van der Waals surface area contributed by atoms with Crippen LogP contribution in [0.4, 0.5) is 4.79 Å². The number of hydrogen-bond acceptors (Lipinski definition) is 4. The summed E-state index contributed by atoms with van der Waals surface area (Å²) in [6, 6.07) is 3.73. The van der Waals surface area contributed by atoms with Crippen molar-refractivity contribution in [3.8, 4) is 0 Å². The Balaban J connectivity index is 2.41. The lowest BCUT2D eigenvalue weighted by Gasteiger charge is -2.21. The first-order valence-electron chi connectivity index (χ1n) is 6.18. The lowest BCUT2D eigenvalue weighted by Crippen LogP contribution is -2.37. The Morgan fingerprint density at radius 1 is 1.47 bits per heavy atom. The van der Waals surface area contributed by atoms with Crippen LogP contribution in [0.5, 0.6) is 0 Å². The molecule has 0 fully saturated rings. The van der Waals surface area contributed by atoms with E-state index in [0.29, 0.717) is 26.2 Å². The minimum absolute atomic E-state index is 0.0467. The number of aromatic nitrogens is 1. The van der Waals surface area contributed by atoms with E-state index in [1.165, 1.54) is 6.92 Å². The van der Waals surface area contributed by atoms with Gasteiger partial charge in [0.25, 0.3) is 0 Å². The molecule has 0 atom stereocenters. The zero-order valence-electron chi connectivity index (χ0n) is 11.3. The zero-order valence-corrected chi connectivity index (χ0v) is 11.3. The van der Waals surface area contributed by atoms with Gasteiger partial charge in [0.1, 0.15) is 0 Å². The molecule has 19 heavy (non-hydrogen) atoms. The molecule has 1 aromatic rings. The van der Waals surface area contributed by atoms with Gasteiger partial charge in [0.15, 0.2) is 0 Å². The van der Waals surface area contributed by atoms with Crippen LogP contribution in [0.1, 0.15) is 19.4 Å². The highest BCUT2D eigenvalue weighted by Gasteiger charge is 2.10. The summed E-state index contributed by atoms with van der Waals surface area (Å²) in [6.45, 7) is 4.85. The van der Waals surface area contributed by atoms with Crippen LogP contribution in [0, 0.1) is 0 Å². The molecule has 0 aliphatic carbocycles. The number of carbonyl (C=O) groups is 2. The Hall–Kier alpha value is -2.11. The Morgan fingerprint density at radius 3 is 2.84 bits per heavy atom. The van der Waals surface area contributed by atoms with Gasteiger partial charge in [-0.2, -0.15) is 0 Å². The van der Waals surface area contributed by atoms with Crippen LogP contribution in [0.25, 0.3) is 0 Å². The van der Waals surface area contributed by atoms with E-state index in [2.05, 4.69) is 10.3 Å². The van der Waals surface area contributed by atoms with Crippen molar-refractivity contribution in [3.63, 3.8) is 0 Å². The molecule has 6 nitrogen and oxygen atoms in total. The Kier molecular flexibility index (Phi) is 6.35. The maximum atomic E-state index is 11.5. The summed E-state index contributed by atoms with van der Waals surface area (Å²) in [5, 5.41) is 2.58. The van der Waals surface area contributed by atoms with E-state index < -0.39 is 6.09 Å². The molecule has 0 unspecified atom stereocenters. The summed E-state index contributed by atoms with van der Waals surface area (Å²) in [5.41, 5.74) is 0.953. The topological polar surface area (TPSA) is 71.5 Å². The molecule has 0 aromatic carbocycles. The van der Waals surface area contributed by atoms with E-state index in [0.717, 1.165) is 5.56 Å². The lowest BCUT2D eigenvalue weighted by molar-refractivity contribution is -0.129. The van der Waals surface area contributed by atoms with Crippen molar-refractivity contribution >= 4 is 12.0 Å². The fourth-order valence-corrected chi connectivity index (χ4v) is 1.53. The molecule has 1 N–H and O–H groups in total. The second-order valence-corrected chi connectivity index (χ2v) is 3.95. The molecule has 0 saturated heterocycles. The van der Waals surface area contributed by atoms with Crippen LogP contribution in [0.2, 0.25) is 0 Å².